The fraction of sp³-hybridized carbons (Fsp3) is 0.167. The SMILES string of the molecule is C=C(Br)C[C@H](NC(=O)c1ccc(Cl)cc1)C(N)=O. The summed E-state index contributed by atoms with van der Waals surface area (Å²) in [5.74, 6) is -0.998. The van der Waals surface area contributed by atoms with Crippen molar-refractivity contribution in [2.45, 2.75) is 12.5 Å². The molecule has 0 heterocycles. The van der Waals surface area contributed by atoms with E-state index in [1.807, 2.05) is 0 Å². The third-order valence-electron chi connectivity index (χ3n) is 2.18. The van der Waals surface area contributed by atoms with Gasteiger partial charge in [-0.1, -0.05) is 34.1 Å². The Morgan fingerprint density at radius 2 is 1.94 bits per heavy atom. The van der Waals surface area contributed by atoms with Crippen LogP contribution in [0.15, 0.2) is 35.3 Å². The number of carbonyl (C=O) groups excluding carboxylic acids is 2. The van der Waals surface area contributed by atoms with Gasteiger partial charge in [-0.3, -0.25) is 9.59 Å². The lowest BCUT2D eigenvalue weighted by molar-refractivity contribution is -0.119. The van der Waals surface area contributed by atoms with Crippen LogP contribution in [0, 0.1) is 0 Å². The Kier molecular flexibility index (Phi) is 5.37. The second-order valence-electron chi connectivity index (χ2n) is 3.66. The molecule has 1 rings (SSSR count). The third kappa shape index (κ3) is 4.50. The second-order valence-corrected chi connectivity index (χ2v) is 5.21. The number of amides is 2. The van der Waals surface area contributed by atoms with E-state index >= 15 is 0 Å². The number of primary amides is 1. The molecule has 0 spiro atoms. The van der Waals surface area contributed by atoms with E-state index in [2.05, 4.69) is 27.8 Å². The molecule has 1 atom stereocenters. The van der Waals surface area contributed by atoms with Crippen LogP contribution < -0.4 is 11.1 Å². The minimum atomic E-state index is -0.792. The Morgan fingerprint density at radius 1 is 1.39 bits per heavy atom. The summed E-state index contributed by atoms with van der Waals surface area (Å²) in [5.41, 5.74) is 5.61. The van der Waals surface area contributed by atoms with Crippen LogP contribution >= 0.6 is 27.5 Å². The molecule has 1 aromatic rings. The lowest BCUT2D eigenvalue weighted by Gasteiger charge is -2.14. The first-order valence-corrected chi connectivity index (χ1v) is 6.26. The highest BCUT2D eigenvalue weighted by Gasteiger charge is 2.19. The van der Waals surface area contributed by atoms with Crippen LogP contribution in [0.3, 0.4) is 0 Å². The van der Waals surface area contributed by atoms with Gasteiger partial charge in [-0.15, -0.1) is 0 Å². The van der Waals surface area contributed by atoms with Gasteiger partial charge in [0.25, 0.3) is 5.91 Å². The van der Waals surface area contributed by atoms with Gasteiger partial charge in [-0.05, 0) is 28.7 Å². The van der Waals surface area contributed by atoms with E-state index in [1.165, 1.54) is 0 Å². The molecule has 0 aromatic heterocycles. The monoisotopic (exact) mass is 330 g/mol. The highest BCUT2D eigenvalue weighted by molar-refractivity contribution is 9.11. The van der Waals surface area contributed by atoms with Crippen molar-refractivity contribution in [3.8, 4) is 0 Å². The fourth-order valence-corrected chi connectivity index (χ4v) is 1.74. The molecule has 0 fully saturated rings. The van der Waals surface area contributed by atoms with Crippen LogP contribution in [-0.4, -0.2) is 17.9 Å². The summed E-state index contributed by atoms with van der Waals surface area (Å²) in [6.07, 6.45) is 0.245. The average molecular weight is 332 g/mol. The zero-order valence-corrected chi connectivity index (χ0v) is 11.8. The van der Waals surface area contributed by atoms with Crippen molar-refractivity contribution in [1.29, 1.82) is 0 Å². The average Bonchev–Trinajstić information content (AvgIpc) is 2.28. The van der Waals surface area contributed by atoms with Crippen LogP contribution in [-0.2, 0) is 4.79 Å². The number of benzene rings is 1. The molecule has 2 amide bonds. The maximum atomic E-state index is 11.8. The van der Waals surface area contributed by atoms with E-state index in [0.29, 0.717) is 15.1 Å². The second kappa shape index (κ2) is 6.56. The number of hydrogen-bond acceptors (Lipinski definition) is 2. The van der Waals surface area contributed by atoms with Crippen LogP contribution in [0.1, 0.15) is 16.8 Å². The number of nitrogens with two attached hydrogens (primary N) is 1. The maximum Gasteiger partial charge on any atom is 0.251 e. The number of hydrogen-bond donors (Lipinski definition) is 2. The van der Waals surface area contributed by atoms with E-state index in [9.17, 15) is 9.59 Å². The molecule has 0 unspecified atom stereocenters. The van der Waals surface area contributed by atoms with Gasteiger partial charge < -0.3 is 11.1 Å². The molecular weight excluding hydrogens is 320 g/mol. The highest BCUT2D eigenvalue weighted by atomic mass is 79.9. The zero-order chi connectivity index (χ0) is 13.7. The molecule has 3 N–H and O–H groups in total. The van der Waals surface area contributed by atoms with Crippen molar-refractivity contribution in [3.63, 3.8) is 0 Å². The lowest BCUT2D eigenvalue weighted by atomic mass is 10.1. The summed E-state index contributed by atoms with van der Waals surface area (Å²) >= 11 is 8.85. The third-order valence-corrected chi connectivity index (χ3v) is 2.76. The summed E-state index contributed by atoms with van der Waals surface area (Å²) in [6.45, 7) is 3.61. The van der Waals surface area contributed by atoms with Crippen molar-refractivity contribution in [2.24, 2.45) is 5.73 Å². The minimum Gasteiger partial charge on any atom is -0.368 e. The Balaban J connectivity index is 2.75. The quantitative estimate of drug-likeness (QED) is 0.868. The van der Waals surface area contributed by atoms with Gasteiger partial charge in [0.2, 0.25) is 5.91 Å². The normalized spacial score (nSPS) is 11.7. The van der Waals surface area contributed by atoms with Crippen LogP contribution in [0.25, 0.3) is 0 Å². The molecule has 0 saturated carbocycles. The van der Waals surface area contributed by atoms with Gasteiger partial charge >= 0.3 is 0 Å². The van der Waals surface area contributed by atoms with Gasteiger partial charge in [-0.2, -0.15) is 0 Å². The smallest absolute Gasteiger partial charge is 0.251 e. The van der Waals surface area contributed by atoms with Crippen LogP contribution in [0.4, 0.5) is 0 Å². The molecule has 6 heteroatoms. The predicted molar refractivity (Wildman–Crippen MR) is 74.6 cm³/mol. The molecule has 0 radical (unpaired) electrons. The van der Waals surface area contributed by atoms with Crippen LogP contribution in [0.2, 0.25) is 5.02 Å². The Labute approximate surface area is 118 Å². The number of rotatable bonds is 5. The topological polar surface area (TPSA) is 72.2 Å². The summed E-state index contributed by atoms with van der Waals surface area (Å²) < 4.78 is 0.586. The zero-order valence-electron chi connectivity index (χ0n) is 9.45. The van der Waals surface area contributed by atoms with Crippen molar-refractivity contribution in [2.75, 3.05) is 0 Å². The number of nitrogens with one attached hydrogen (secondary N) is 1. The van der Waals surface area contributed by atoms with Crippen molar-refractivity contribution in [1.82, 2.24) is 5.32 Å². The standard InChI is InChI=1S/C12H12BrClN2O2/c1-7(13)6-10(11(15)17)16-12(18)8-2-4-9(14)5-3-8/h2-5,10H,1,6H2,(H2,15,17)(H,16,18)/t10-/m0/s1. The first-order chi connectivity index (χ1) is 8.40. The van der Waals surface area contributed by atoms with Crippen molar-refractivity contribution in [3.05, 3.63) is 45.9 Å². The van der Waals surface area contributed by atoms with Gasteiger partial charge in [0.05, 0.1) is 0 Å². The molecule has 18 heavy (non-hydrogen) atoms. The first kappa shape index (κ1) is 14.7. The molecular formula is C12H12BrClN2O2. The van der Waals surface area contributed by atoms with Gasteiger partial charge in [0, 0.05) is 17.0 Å². The molecule has 0 bridgehead atoms. The number of halogens is 2. The van der Waals surface area contributed by atoms with Crippen LogP contribution in [0.5, 0.6) is 0 Å². The van der Waals surface area contributed by atoms with Gasteiger partial charge in [0.1, 0.15) is 6.04 Å². The van der Waals surface area contributed by atoms with E-state index in [-0.39, 0.29) is 12.3 Å². The van der Waals surface area contributed by atoms with E-state index < -0.39 is 11.9 Å². The predicted octanol–water partition coefficient (Wildman–Crippen LogP) is 2.22. The van der Waals surface area contributed by atoms with Crippen molar-refractivity contribution < 1.29 is 9.59 Å². The largest absolute Gasteiger partial charge is 0.368 e. The van der Waals surface area contributed by atoms with E-state index in [1.54, 1.807) is 24.3 Å². The van der Waals surface area contributed by atoms with Gasteiger partial charge in [-0.25, -0.2) is 0 Å². The number of carbonyl (C=O) groups is 2. The summed E-state index contributed by atoms with van der Waals surface area (Å²) in [7, 11) is 0. The molecule has 0 aliphatic heterocycles. The Morgan fingerprint density at radius 3 is 2.39 bits per heavy atom. The summed E-state index contributed by atoms with van der Waals surface area (Å²) in [4.78, 5) is 23.0. The summed E-state index contributed by atoms with van der Waals surface area (Å²) in [5, 5.41) is 3.07. The molecule has 0 saturated heterocycles. The molecule has 0 aliphatic rings. The Hall–Kier alpha value is -1.33. The van der Waals surface area contributed by atoms with E-state index in [4.69, 9.17) is 17.3 Å². The first-order valence-electron chi connectivity index (χ1n) is 5.09. The molecule has 0 aliphatic carbocycles. The van der Waals surface area contributed by atoms with E-state index in [0.717, 1.165) is 0 Å². The Bertz CT molecular complexity index is 473. The highest BCUT2D eigenvalue weighted by Crippen LogP contribution is 2.12. The maximum absolute atomic E-state index is 11.8. The lowest BCUT2D eigenvalue weighted by Crippen LogP contribution is -2.44. The fourth-order valence-electron chi connectivity index (χ4n) is 1.29. The molecule has 1 aromatic carbocycles. The van der Waals surface area contributed by atoms with Gasteiger partial charge in [0.15, 0.2) is 0 Å². The summed E-state index contributed by atoms with van der Waals surface area (Å²) in [6, 6.07) is 5.54. The molecule has 96 valence electrons. The minimum absolute atomic E-state index is 0.245. The van der Waals surface area contributed by atoms with Crippen molar-refractivity contribution >= 4 is 39.3 Å². The molecule has 4 nitrogen and oxygen atoms in total.